The molecule has 1 unspecified atom stereocenters. The molecule has 1 aliphatic rings. The van der Waals surface area contributed by atoms with E-state index in [0.29, 0.717) is 25.2 Å². The van der Waals surface area contributed by atoms with Crippen LogP contribution in [0.15, 0.2) is 53.4 Å². The van der Waals surface area contributed by atoms with E-state index in [-0.39, 0.29) is 16.8 Å². The standard InChI is InChI=1S/C24H33N3O4S/c1-4-26(5-2)23(19-10-8-12-21(16-19)31-3)18-25-24(28)20-11-9-13-22(17-20)32(29,30)27-14-6-7-15-27/h8-13,16-17,23H,4-7,14-15,18H2,1-3H3,(H,25,28). The van der Waals surface area contributed by atoms with Crippen molar-refractivity contribution >= 4 is 15.9 Å². The number of likely N-dealkylation sites (N-methyl/N-ethyl adjacent to an activating group) is 1. The summed E-state index contributed by atoms with van der Waals surface area (Å²) in [5.74, 6) is 0.481. The van der Waals surface area contributed by atoms with Gasteiger partial charge in [0.05, 0.1) is 18.0 Å². The van der Waals surface area contributed by atoms with Crippen molar-refractivity contribution in [3.63, 3.8) is 0 Å². The molecule has 1 heterocycles. The molecule has 0 bridgehead atoms. The molecule has 0 radical (unpaired) electrons. The Kier molecular flexibility index (Phi) is 8.28. The molecule has 1 saturated heterocycles. The highest BCUT2D eigenvalue weighted by Crippen LogP contribution is 2.25. The summed E-state index contributed by atoms with van der Waals surface area (Å²) >= 11 is 0. The van der Waals surface area contributed by atoms with Crippen LogP contribution in [0.4, 0.5) is 0 Å². The monoisotopic (exact) mass is 459 g/mol. The van der Waals surface area contributed by atoms with Crippen molar-refractivity contribution in [2.24, 2.45) is 0 Å². The first kappa shape index (κ1) is 24.2. The van der Waals surface area contributed by atoms with Gasteiger partial charge >= 0.3 is 0 Å². The summed E-state index contributed by atoms with van der Waals surface area (Å²) in [7, 11) is -1.93. The van der Waals surface area contributed by atoms with Crippen LogP contribution in [0.25, 0.3) is 0 Å². The first-order valence-corrected chi connectivity index (χ1v) is 12.6. The summed E-state index contributed by atoms with van der Waals surface area (Å²) in [6.07, 6.45) is 1.74. The zero-order valence-electron chi connectivity index (χ0n) is 19.1. The number of methoxy groups -OCH3 is 1. The number of hydrogen-bond donors (Lipinski definition) is 1. The SMILES string of the molecule is CCN(CC)C(CNC(=O)c1cccc(S(=O)(=O)N2CCCC2)c1)c1cccc(OC)c1. The number of ether oxygens (including phenoxy) is 1. The zero-order valence-corrected chi connectivity index (χ0v) is 19.9. The molecule has 1 amide bonds. The largest absolute Gasteiger partial charge is 0.497 e. The number of amides is 1. The Bertz CT molecular complexity index is 1020. The van der Waals surface area contributed by atoms with Gasteiger partial charge in [-0.3, -0.25) is 9.69 Å². The van der Waals surface area contributed by atoms with E-state index in [1.165, 1.54) is 10.4 Å². The minimum Gasteiger partial charge on any atom is -0.497 e. The molecule has 0 saturated carbocycles. The number of nitrogens with one attached hydrogen (secondary N) is 1. The first-order chi connectivity index (χ1) is 15.4. The van der Waals surface area contributed by atoms with Crippen molar-refractivity contribution in [2.75, 3.05) is 39.8 Å². The number of sulfonamides is 1. The maximum absolute atomic E-state index is 12.9. The van der Waals surface area contributed by atoms with Gasteiger partial charge in [0.25, 0.3) is 5.91 Å². The van der Waals surface area contributed by atoms with Crippen molar-refractivity contribution in [1.29, 1.82) is 0 Å². The maximum Gasteiger partial charge on any atom is 0.251 e. The van der Waals surface area contributed by atoms with Gasteiger partial charge in [-0.05, 0) is 61.8 Å². The van der Waals surface area contributed by atoms with Crippen molar-refractivity contribution in [1.82, 2.24) is 14.5 Å². The van der Waals surface area contributed by atoms with Gasteiger partial charge in [-0.1, -0.05) is 32.0 Å². The number of carbonyl (C=O) groups is 1. The Morgan fingerprint density at radius 1 is 1.09 bits per heavy atom. The Morgan fingerprint density at radius 3 is 2.44 bits per heavy atom. The fourth-order valence-corrected chi connectivity index (χ4v) is 5.70. The van der Waals surface area contributed by atoms with E-state index in [9.17, 15) is 13.2 Å². The Balaban J connectivity index is 1.77. The highest BCUT2D eigenvalue weighted by atomic mass is 32.2. The average Bonchev–Trinajstić information content (AvgIpc) is 3.38. The summed E-state index contributed by atoms with van der Waals surface area (Å²) in [6, 6.07) is 14.1. The van der Waals surface area contributed by atoms with E-state index in [4.69, 9.17) is 4.74 Å². The lowest BCUT2D eigenvalue weighted by atomic mass is 10.0. The molecule has 1 fully saturated rings. The second-order valence-electron chi connectivity index (χ2n) is 7.86. The smallest absolute Gasteiger partial charge is 0.251 e. The third-order valence-corrected chi connectivity index (χ3v) is 7.88. The molecule has 8 heteroatoms. The highest BCUT2D eigenvalue weighted by molar-refractivity contribution is 7.89. The first-order valence-electron chi connectivity index (χ1n) is 11.2. The lowest BCUT2D eigenvalue weighted by molar-refractivity contribution is 0.0934. The predicted octanol–water partition coefficient (Wildman–Crippen LogP) is 3.29. The molecule has 1 N–H and O–H groups in total. The highest BCUT2D eigenvalue weighted by Gasteiger charge is 2.28. The van der Waals surface area contributed by atoms with Gasteiger partial charge in [0.1, 0.15) is 5.75 Å². The molecule has 0 aromatic heterocycles. The molecule has 174 valence electrons. The molecular formula is C24H33N3O4S. The van der Waals surface area contributed by atoms with Crippen LogP contribution in [-0.2, 0) is 10.0 Å². The lowest BCUT2D eigenvalue weighted by Gasteiger charge is -2.30. The van der Waals surface area contributed by atoms with E-state index in [0.717, 1.165) is 37.2 Å². The van der Waals surface area contributed by atoms with Crippen LogP contribution >= 0.6 is 0 Å². The summed E-state index contributed by atoms with van der Waals surface area (Å²) in [5.41, 5.74) is 1.40. The average molecular weight is 460 g/mol. The van der Waals surface area contributed by atoms with Gasteiger partial charge in [-0.2, -0.15) is 4.31 Å². The topological polar surface area (TPSA) is 79.0 Å². The van der Waals surface area contributed by atoms with Gasteiger partial charge in [0, 0.05) is 25.2 Å². The summed E-state index contributed by atoms with van der Waals surface area (Å²) in [5, 5.41) is 3.00. The van der Waals surface area contributed by atoms with Crippen LogP contribution in [0.1, 0.15) is 48.7 Å². The second-order valence-corrected chi connectivity index (χ2v) is 9.80. The van der Waals surface area contributed by atoms with Crippen LogP contribution in [0.5, 0.6) is 5.75 Å². The minimum atomic E-state index is -3.57. The second kappa shape index (κ2) is 10.9. The summed E-state index contributed by atoms with van der Waals surface area (Å²) in [6.45, 7) is 7.30. The van der Waals surface area contributed by atoms with Gasteiger partial charge < -0.3 is 10.1 Å². The molecule has 1 atom stereocenters. The van der Waals surface area contributed by atoms with Crippen molar-refractivity contribution in [2.45, 2.75) is 37.6 Å². The number of carbonyl (C=O) groups excluding carboxylic acids is 1. The normalized spacial score (nSPS) is 15.6. The van der Waals surface area contributed by atoms with Crippen molar-refractivity contribution in [3.05, 3.63) is 59.7 Å². The summed E-state index contributed by atoms with van der Waals surface area (Å²) < 4.78 is 32.6. The molecule has 32 heavy (non-hydrogen) atoms. The van der Waals surface area contributed by atoms with E-state index in [1.807, 2.05) is 24.3 Å². The van der Waals surface area contributed by atoms with E-state index in [1.54, 1.807) is 25.3 Å². The van der Waals surface area contributed by atoms with Crippen LogP contribution in [0, 0.1) is 0 Å². The van der Waals surface area contributed by atoms with Crippen molar-refractivity contribution < 1.29 is 17.9 Å². The van der Waals surface area contributed by atoms with Crippen LogP contribution in [-0.4, -0.2) is 63.4 Å². The van der Waals surface area contributed by atoms with Crippen LogP contribution in [0.3, 0.4) is 0 Å². The zero-order chi connectivity index (χ0) is 23.1. The Hall–Kier alpha value is -2.42. The molecule has 2 aromatic rings. The van der Waals surface area contributed by atoms with Gasteiger partial charge in [0.15, 0.2) is 0 Å². The summed E-state index contributed by atoms with van der Waals surface area (Å²) in [4.78, 5) is 15.4. The molecule has 0 spiro atoms. The van der Waals surface area contributed by atoms with E-state index < -0.39 is 10.0 Å². The predicted molar refractivity (Wildman–Crippen MR) is 125 cm³/mol. The number of hydrogen-bond acceptors (Lipinski definition) is 5. The van der Waals surface area contributed by atoms with Gasteiger partial charge in [-0.15, -0.1) is 0 Å². The third-order valence-electron chi connectivity index (χ3n) is 5.99. The van der Waals surface area contributed by atoms with Gasteiger partial charge in [-0.25, -0.2) is 8.42 Å². The maximum atomic E-state index is 12.9. The van der Waals surface area contributed by atoms with E-state index in [2.05, 4.69) is 24.1 Å². The molecular weight excluding hydrogens is 426 g/mol. The number of rotatable bonds is 10. The molecule has 7 nitrogen and oxygen atoms in total. The fourth-order valence-electron chi connectivity index (χ4n) is 4.14. The number of nitrogens with zero attached hydrogens (tertiary/aromatic N) is 2. The molecule has 2 aromatic carbocycles. The van der Waals surface area contributed by atoms with Crippen LogP contribution in [0.2, 0.25) is 0 Å². The minimum absolute atomic E-state index is 0.0273. The third kappa shape index (κ3) is 5.49. The quantitative estimate of drug-likeness (QED) is 0.590. The van der Waals surface area contributed by atoms with Gasteiger partial charge in [0.2, 0.25) is 10.0 Å². The Morgan fingerprint density at radius 2 is 1.78 bits per heavy atom. The molecule has 3 rings (SSSR count). The Labute approximate surface area is 191 Å². The lowest BCUT2D eigenvalue weighted by Crippen LogP contribution is -2.38. The molecule has 1 aliphatic heterocycles. The van der Waals surface area contributed by atoms with E-state index >= 15 is 0 Å². The number of benzene rings is 2. The van der Waals surface area contributed by atoms with Crippen molar-refractivity contribution in [3.8, 4) is 5.75 Å². The fraction of sp³-hybridized carbons (Fsp3) is 0.458. The van der Waals surface area contributed by atoms with Crippen LogP contribution < -0.4 is 10.1 Å². The molecule has 0 aliphatic carbocycles.